The van der Waals surface area contributed by atoms with Gasteiger partial charge in [0, 0.05) is 11.8 Å². The highest BCUT2D eigenvalue weighted by molar-refractivity contribution is 7.98. The van der Waals surface area contributed by atoms with Crippen LogP contribution in [0, 0.1) is 0 Å². The molecule has 4 heteroatoms. The molecule has 0 aliphatic heterocycles. The van der Waals surface area contributed by atoms with E-state index in [9.17, 15) is 4.79 Å². The number of allylic oxidation sites excluding steroid dienone is 1. The van der Waals surface area contributed by atoms with Gasteiger partial charge in [0.05, 0.1) is 0 Å². The molecule has 0 atom stereocenters. The van der Waals surface area contributed by atoms with E-state index in [1.165, 1.54) is 11.8 Å². The summed E-state index contributed by atoms with van der Waals surface area (Å²) >= 11 is 1.42. The lowest BCUT2D eigenvalue weighted by Gasteiger charge is -1.96. The fraction of sp³-hybridized carbons (Fsp3) is 0.250. The van der Waals surface area contributed by atoms with Crippen LogP contribution in [0.15, 0.2) is 28.8 Å². The minimum absolute atomic E-state index is 0.0748. The number of thioether (sulfide) groups is 1. The van der Waals surface area contributed by atoms with Crippen molar-refractivity contribution >= 4 is 11.8 Å². The molecule has 0 spiro atoms. The molecule has 1 heterocycles. The molecule has 1 aromatic rings. The molecule has 1 aromatic heterocycles. The topological polar surface area (TPSA) is 45.8 Å². The third-order valence-electron chi connectivity index (χ3n) is 1.41. The van der Waals surface area contributed by atoms with Crippen molar-refractivity contribution in [1.82, 2.24) is 9.97 Å². The number of hydrogen-bond acceptors (Lipinski definition) is 3. The average molecular weight is 182 g/mol. The van der Waals surface area contributed by atoms with Crippen molar-refractivity contribution < 1.29 is 0 Å². The van der Waals surface area contributed by atoms with Gasteiger partial charge in [0.2, 0.25) is 0 Å². The Bertz CT molecular complexity index is 332. The molecule has 0 aliphatic carbocycles. The summed E-state index contributed by atoms with van der Waals surface area (Å²) in [6, 6.07) is 0. The fourth-order valence-corrected chi connectivity index (χ4v) is 1.16. The lowest BCUT2D eigenvalue weighted by Crippen LogP contribution is -2.13. The number of nitrogens with one attached hydrogen (secondary N) is 1. The molecular weight excluding hydrogens is 172 g/mol. The van der Waals surface area contributed by atoms with Crippen LogP contribution in [-0.2, 0) is 6.42 Å². The van der Waals surface area contributed by atoms with Crippen molar-refractivity contribution in [2.45, 2.75) is 11.6 Å². The van der Waals surface area contributed by atoms with Gasteiger partial charge in [0.15, 0.2) is 5.16 Å². The van der Waals surface area contributed by atoms with Gasteiger partial charge < -0.3 is 4.98 Å². The van der Waals surface area contributed by atoms with Crippen LogP contribution in [-0.4, -0.2) is 16.2 Å². The quantitative estimate of drug-likeness (QED) is 0.434. The standard InChI is InChI=1S/C8H10N2OS/c1-3-4-6-5-9-8(12-2)10-7(6)11/h3,5H,1,4H2,2H3,(H,9,10,11). The van der Waals surface area contributed by atoms with Crippen LogP contribution in [0.2, 0.25) is 0 Å². The second-order valence-corrected chi connectivity index (χ2v) is 3.03. The maximum absolute atomic E-state index is 11.2. The third-order valence-corrected chi connectivity index (χ3v) is 2.00. The summed E-state index contributed by atoms with van der Waals surface area (Å²) in [6.45, 7) is 3.55. The van der Waals surface area contributed by atoms with Gasteiger partial charge in [0.25, 0.3) is 5.56 Å². The Hall–Kier alpha value is -1.03. The second kappa shape index (κ2) is 4.11. The van der Waals surface area contributed by atoms with Gasteiger partial charge in [-0.15, -0.1) is 6.58 Å². The number of nitrogens with zero attached hydrogens (tertiary/aromatic N) is 1. The molecule has 0 saturated heterocycles. The molecule has 1 rings (SSSR count). The van der Waals surface area contributed by atoms with E-state index in [1.54, 1.807) is 12.3 Å². The maximum atomic E-state index is 11.2. The maximum Gasteiger partial charge on any atom is 0.255 e. The fourth-order valence-electron chi connectivity index (χ4n) is 0.809. The SMILES string of the molecule is C=CCc1cnc(SC)[nH]c1=O. The first-order chi connectivity index (χ1) is 5.77. The van der Waals surface area contributed by atoms with E-state index in [0.29, 0.717) is 17.1 Å². The van der Waals surface area contributed by atoms with Crippen molar-refractivity contribution in [2.24, 2.45) is 0 Å². The molecule has 0 aromatic carbocycles. The van der Waals surface area contributed by atoms with Gasteiger partial charge in [-0.1, -0.05) is 17.8 Å². The summed E-state index contributed by atoms with van der Waals surface area (Å²) in [5, 5.41) is 0.646. The molecule has 0 radical (unpaired) electrons. The predicted octanol–water partition coefficient (Wildman–Crippen LogP) is 1.22. The molecule has 1 N–H and O–H groups in total. The van der Waals surface area contributed by atoms with Crippen molar-refractivity contribution in [3.8, 4) is 0 Å². The minimum Gasteiger partial charge on any atom is -0.301 e. The highest BCUT2D eigenvalue weighted by Gasteiger charge is 1.98. The van der Waals surface area contributed by atoms with E-state index in [0.717, 1.165) is 0 Å². The van der Waals surface area contributed by atoms with Crippen LogP contribution in [0.3, 0.4) is 0 Å². The van der Waals surface area contributed by atoms with Crippen LogP contribution >= 0.6 is 11.8 Å². The van der Waals surface area contributed by atoms with E-state index < -0.39 is 0 Å². The predicted molar refractivity (Wildman–Crippen MR) is 50.5 cm³/mol. The van der Waals surface area contributed by atoms with Crippen LogP contribution < -0.4 is 5.56 Å². The Kier molecular flexibility index (Phi) is 3.10. The molecule has 0 amide bonds. The van der Waals surface area contributed by atoms with Gasteiger partial charge in [0.1, 0.15) is 0 Å². The van der Waals surface area contributed by atoms with E-state index in [2.05, 4.69) is 16.5 Å². The first-order valence-electron chi connectivity index (χ1n) is 3.51. The molecule has 0 saturated carbocycles. The van der Waals surface area contributed by atoms with Gasteiger partial charge in [-0.3, -0.25) is 4.79 Å². The Labute approximate surface area is 74.9 Å². The average Bonchev–Trinajstić information content (AvgIpc) is 2.09. The summed E-state index contributed by atoms with van der Waals surface area (Å²) in [6.07, 6.45) is 5.71. The van der Waals surface area contributed by atoms with E-state index >= 15 is 0 Å². The van der Waals surface area contributed by atoms with Crippen molar-refractivity contribution in [3.05, 3.63) is 34.8 Å². The lowest BCUT2D eigenvalue weighted by molar-refractivity contribution is 0.907. The lowest BCUT2D eigenvalue weighted by atomic mass is 10.2. The molecule has 0 unspecified atom stereocenters. The largest absolute Gasteiger partial charge is 0.301 e. The number of aromatic nitrogens is 2. The first kappa shape index (κ1) is 9.06. The zero-order valence-electron chi connectivity index (χ0n) is 6.83. The number of rotatable bonds is 3. The number of hydrogen-bond donors (Lipinski definition) is 1. The van der Waals surface area contributed by atoms with E-state index in [-0.39, 0.29) is 5.56 Å². The third kappa shape index (κ3) is 1.98. The Balaban J connectivity index is 3.03. The molecule has 64 valence electrons. The number of H-pyrrole nitrogens is 1. The van der Waals surface area contributed by atoms with Gasteiger partial charge in [-0.25, -0.2) is 4.98 Å². The highest BCUT2D eigenvalue weighted by atomic mass is 32.2. The summed E-state index contributed by atoms with van der Waals surface area (Å²) in [5.41, 5.74) is 0.581. The van der Waals surface area contributed by atoms with Crippen LogP contribution in [0.5, 0.6) is 0 Å². The minimum atomic E-state index is -0.0748. The molecule has 12 heavy (non-hydrogen) atoms. The summed E-state index contributed by atoms with van der Waals surface area (Å²) in [4.78, 5) is 17.9. The number of aromatic amines is 1. The van der Waals surface area contributed by atoms with Crippen LogP contribution in [0.25, 0.3) is 0 Å². The first-order valence-corrected chi connectivity index (χ1v) is 4.73. The van der Waals surface area contributed by atoms with Gasteiger partial charge in [-0.2, -0.15) is 0 Å². The Morgan fingerprint density at radius 3 is 3.08 bits per heavy atom. The molecular formula is C8H10N2OS. The Morgan fingerprint density at radius 2 is 2.58 bits per heavy atom. The smallest absolute Gasteiger partial charge is 0.255 e. The van der Waals surface area contributed by atoms with Crippen LogP contribution in [0.4, 0.5) is 0 Å². The van der Waals surface area contributed by atoms with E-state index in [4.69, 9.17) is 0 Å². The van der Waals surface area contributed by atoms with Crippen molar-refractivity contribution in [1.29, 1.82) is 0 Å². The van der Waals surface area contributed by atoms with Crippen molar-refractivity contribution in [3.63, 3.8) is 0 Å². The zero-order valence-corrected chi connectivity index (χ0v) is 7.65. The molecule has 0 aliphatic rings. The summed E-state index contributed by atoms with van der Waals surface area (Å²) < 4.78 is 0. The molecule has 0 bridgehead atoms. The van der Waals surface area contributed by atoms with E-state index in [1.807, 2.05) is 6.26 Å². The zero-order chi connectivity index (χ0) is 8.97. The molecule has 0 fully saturated rings. The van der Waals surface area contributed by atoms with Gasteiger partial charge in [-0.05, 0) is 12.7 Å². The van der Waals surface area contributed by atoms with Crippen molar-refractivity contribution in [2.75, 3.05) is 6.26 Å². The van der Waals surface area contributed by atoms with Gasteiger partial charge >= 0.3 is 0 Å². The summed E-state index contributed by atoms with van der Waals surface area (Å²) in [5.74, 6) is 0. The Morgan fingerprint density at radius 1 is 1.83 bits per heavy atom. The molecule has 3 nitrogen and oxygen atoms in total. The summed E-state index contributed by atoms with van der Waals surface area (Å²) in [7, 11) is 0. The highest BCUT2D eigenvalue weighted by Crippen LogP contribution is 2.04. The van der Waals surface area contributed by atoms with Crippen LogP contribution in [0.1, 0.15) is 5.56 Å². The normalized spacial score (nSPS) is 9.75. The monoisotopic (exact) mass is 182 g/mol. The second-order valence-electron chi connectivity index (χ2n) is 2.24.